The Hall–Kier alpha value is -2.41. The van der Waals surface area contributed by atoms with Gasteiger partial charge < -0.3 is 5.32 Å². The van der Waals surface area contributed by atoms with Crippen LogP contribution in [0, 0.1) is 25.2 Å². The number of aromatic nitrogens is 2. The highest BCUT2D eigenvalue weighted by molar-refractivity contribution is 5.54. The van der Waals surface area contributed by atoms with Crippen molar-refractivity contribution in [3.63, 3.8) is 0 Å². The first-order chi connectivity index (χ1) is 8.17. The van der Waals surface area contributed by atoms with Crippen molar-refractivity contribution in [1.82, 2.24) is 9.97 Å². The van der Waals surface area contributed by atoms with Crippen molar-refractivity contribution in [1.29, 1.82) is 5.26 Å². The molecule has 0 radical (unpaired) electrons. The van der Waals surface area contributed by atoms with Gasteiger partial charge in [0, 0.05) is 11.4 Å². The second kappa shape index (κ2) is 4.62. The summed E-state index contributed by atoms with van der Waals surface area (Å²) in [5.41, 5.74) is 3.21. The molecular formula is C13H12N4. The third kappa shape index (κ3) is 2.79. The van der Waals surface area contributed by atoms with Crippen molar-refractivity contribution in [2.75, 3.05) is 5.32 Å². The summed E-state index contributed by atoms with van der Waals surface area (Å²) in [7, 11) is 0. The monoisotopic (exact) mass is 224 g/mol. The maximum absolute atomic E-state index is 8.83. The van der Waals surface area contributed by atoms with E-state index in [-0.39, 0.29) is 0 Å². The average molecular weight is 224 g/mol. The van der Waals surface area contributed by atoms with Gasteiger partial charge in [-0.1, -0.05) is 12.1 Å². The molecular weight excluding hydrogens is 212 g/mol. The van der Waals surface area contributed by atoms with Crippen LogP contribution in [0.3, 0.4) is 0 Å². The van der Waals surface area contributed by atoms with Gasteiger partial charge in [0.1, 0.15) is 11.8 Å². The Labute approximate surface area is 100.0 Å². The summed E-state index contributed by atoms with van der Waals surface area (Å²) in [4.78, 5) is 8.33. The molecule has 0 fully saturated rings. The molecule has 1 aromatic carbocycles. The summed E-state index contributed by atoms with van der Waals surface area (Å²) >= 11 is 0. The number of nitrogens with zero attached hydrogens (tertiary/aromatic N) is 3. The highest BCUT2D eigenvalue weighted by Crippen LogP contribution is 2.14. The molecule has 0 unspecified atom stereocenters. The number of nitrogens with one attached hydrogen (secondary N) is 1. The number of benzene rings is 1. The van der Waals surface area contributed by atoms with Crippen molar-refractivity contribution >= 4 is 11.6 Å². The molecule has 0 aliphatic rings. The van der Waals surface area contributed by atoms with E-state index >= 15 is 0 Å². The predicted molar refractivity (Wildman–Crippen MR) is 65.9 cm³/mol. The van der Waals surface area contributed by atoms with Crippen LogP contribution in [0.2, 0.25) is 0 Å². The number of nitriles is 1. The second-order valence-electron chi connectivity index (χ2n) is 3.82. The van der Waals surface area contributed by atoms with Crippen LogP contribution in [0.5, 0.6) is 0 Å². The van der Waals surface area contributed by atoms with Crippen molar-refractivity contribution in [3.05, 3.63) is 47.3 Å². The third-order valence-corrected chi connectivity index (χ3v) is 2.24. The minimum atomic E-state index is 0.368. The summed E-state index contributed by atoms with van der Waals surface area (Å²) in [6.45, 7) is 3.85. The van der Waals surface area contributed by atoms with Gasteiger partial charge in [0.2, 0.25) is 5.95 Å². The van der Waals surface area contributed by atoms with E-state index < -0.39 is 0 Å². The zero-order chi connectivity index (χ0) is 12.3. The molecule has 1 aromatic heterocycles. The van der Waals surface area contributed by atoms with E-state index in [9.17, 15) is 0 Å². The van der Waals surface area contributed by atoms with Gasteiger partial charge in [-0.25, -0.2) is 9.97 Å². The molecule has 0 aliphatic heterocycles. The molecule has 1 heterocycles. The van der Waals surface area contributed by atoms with Gasteiger partial charge in [0.05, 0.1) is 0 Å². The summed E-state index contributed by atoms with van der Waals surface area (Å²) < 4.78 is 0. The van der Waals surface area contributed by atoms with Crippen molar-refractivity contribution in [2.45, 2.75) is 13.8 Å². The molecule has 0 spiro atoms. The molecule has 17 heavy (non-hydrogen) atoms. The van der Waals surface area contributed by atoms with Gasteiger partial charge in [0.15, 0.2) is 0 Å². The van der Waals surface area contributed by atoms with Crippen molar-refractivity contribution in [3.8, 4) is 6.07 Å². The Kier molecular flexibility index (Phi) is 3.01. The molecule has 0 saturated heterocycles. The Bertz CT molecular complexity index is 584. The van der Waals surface area contributed by atoms with E-state index in [0.29, 0.717) is 11.6 Å². The number of aryl methyl sites for hydroxylation is 2. The topological polar surface area (TPSA) is 61.6 Å². The molecule has 1 N–H and O–H groups in total. The summed E-state index contributed by atoms with van der Waals surface area (Å²) in [6, 6.07) is 11.6. The summed E-state index contributed by atoms with van der Waals surface area (Å²) in [5, 5.41) is 11.9. The SMILES string of the molecule is Cc1cccc(Nc2nc(C)cc(C#N)n2)c1. The molecule has 4 heteroatoms. The number of hydrogen-bond donors (Lipinski definition) is 1. The quantitative estimate of drug-likeness (QED) is 0.851. The fourth-order valence-corrected chi connectivity index (χ4v) is 1.53. The van der Waals surface area contributed by atoms with Crippen LogP contribution in [-0.2, 0) is 0 Å². The summed E-state index contributed by atoms with van der Waals surface area (Å²) in [5.74, 6) is 0.451. The first-order valence-electron chi connectivity index (χ1n) is 5.27. The Morgan fingerprint density at radius 1 is 1.18 bits per heavy atom. The highest BCUT2D eigenvalue weighted by Gasteiger charge is 2.02. The largest absolute Gasteiger partial charge is 0.324 e. The minimum absolute atomic E-state index is 0.368. The van der Waals surface area contributed by atoms with Crippen molar-refractivity contribution in [2.24, 2.45) is 0 Å². The lowest BCUT2D eigenvalue weighted by atomic mass is 10.2. The molecule has 0 bridgehead atoms. The highest BCUT2D eigenvalue weighted by atomic mass is 15.1. The first-order valence-corrected chi connectivity index (χ1v) is 5.27. The third-order valence-electron chi connectivity index (χ3n) is 2.24. The number of rotatable bonds is 2. The van der Waals surface area contributed by atoms with Gasteiger partial charge in [-0.15, -0.1) is 0 Å². The molecule has 0 atom stereocenters. The zero-order valence-corrected chi connectivity index (χ0v) is 9.73. The average Bonchev–Trinajstić information content (AvgIpc) is 2.28. The Balaban J connectivity index is 2.30. The van der Waals surface area contributed by atoms with Gasteiger partial charge in [-0.3, -0.25) is 0 Å². The molecule has 0 amide bonds. The van der Waals surface area contributed by atoms with Crippen LogP contribution in [0.4, 0.5) is 11.6 Å². The van der Waals surface area contributed by atoms with Gasteiger partial charge in [-0.05, 0) is 37.6 Å². The van der Waals surface area contributed by atoms with Gasteiger partial charge in [-0.2, -0.15) is 5.26 Å². The zero-order valence-electron chi connectivity index (χ0n) is 9.73. The fourth-order valence-electron chi connectivity index (χ4n) is 1.53. The lowest BCUT2D eigenvalue weighted by Gasteiger charge is -2.06. The lowest BCUT2D eigenvalue weighted by Crippen LogP contribution is -2.00. The Morgan fingerprint density at radius 3 is 2.71 bits per heavy atom. The molecule has 2 rings (SSSR count). The first kappa shape index (κ1) is 11.1. The molecule has 84 valence electrons. The van der Waals surface area contributed by atoms with Crippen LogP contribution in [0.1, 0.15) is 17.0 Å². The van der Waals surface area contributed by atoms with E-state index in [1.165, 1.54) is 0 Å². The van der Waals surface area contributed by atoms with Crippen LogP contribution in [-0.4, -0.2) is 9.97 Å². The van der Waals surface area contributed by atoms with Gasteiger partial charge in [0.25, 0.3) is 0 Å². The minimum Gasteiger partial charge on any atom is -0.324 e. The van der Waals surface area contributed by atoms with E-state index in [1.807, 2.05) is 44.2 Å². The normalized spacial score (nSPS) is 9.71. The van der Waals surface area contributed by atoms with E-state index in [1.54, 1.807) is 6.07 Å². The molecule has 4 nitrogen and oxygen atoms in total. The van der Waals surface area contributed by atoms with Crippen LogP contribution < -0.4 is 5.32 Å². The molecule has 0 saturated carbocycles. The lowest BCUT2D eigenvalue weighted by molar-refractivity contribution is 1.09. The number of hydrogen-bond acceptors (Lipinski definition) is 4. The van der Waals surface area contributed by atoms with Crippen LogP contribution in [0.15, 0.2) is 30.3 Å². The maximum Gasteiger partial charge on any atom is 0.228 e. The molecule has 2 aromatic rings. The Morgan fingerprint density at radius 2 is 2.00 bits per heavy atom. The maximum atomic E-state index is 8.83. The van der Waals surface area contributed by atoms with Crippen LogP contribution in [0.25, 0.3) is 0 Å². The van der Waals surface area contributed by atoms with Gasteiger partial charge >= 0.3 is 0 Å². The van der Waals surface area contributed by atoms with Crippen molar-refractivity contribution < 1.29 is 0 Å². The smallest absolute Gasteiger partial charge is 0.228 e. The van der Waals surface area contributed by atoms with E-state index in [4.69, 9.17) is 5.26 Å². The van der Waals surface area contributed by atoms with E-state index in [0.717, 1.165) is 16.9 Å². The second-order valence-corrected chi connectivity index (χ2v) is 3.82. The van der Waals surface area contributed by atoms with E-state index in [2.05, 4.69) is 15.3 Å². The predicted octanol–water partition coefficient (Wildman–Crippen LogP) is 2.71. The standard InChI is InChI=1S/C13H12N4/c1-9-4-3-5-11(6-9)16-13-15-10(2)7-12(8-14)17-13/h3-7H,1-2H3,(H,15,16,17). The molecule has 0 aliphatic carbocycles. The van der Waals surface area contributed by atoms with Crippen LogP contribution >= 0.6 is 0 Å². The number of anilines is 2. The summed E-state index contributed by atoms with van der Waals surface area (Å²) in [6.07, 6.45) is 0. The fraction of sp³-hybridized carbons (Fsp3) is 0.154.